The molecule has 31 heavy (non-hydrogen) atoms. The zero-order valence-electron chi connectivity index (χ0n) is 18.0. The van der Waals surface area contributed by atoms with Gasteiger partial charge in [0.1, 0.15) is 5.82 Å². The van der Waals surface area contributed by atoms with Crippen molar-refractivity contribution in [3.05, 3.63) is 52.8 Å². The van der Waals surface area contributed by atoms with Crippen molar-refractivity contribution in [2.24, 2.45) is 0 Å². The van der Waals surface area contributed by atoms with Crippen molar-refractivity contribution in [3.63, 3.8) is 0 Å². The normalized spacial score (nSPS) is 11.4. The molecule has 8 heteroatoms. The number of halogens is 2. The number of hydrogen-bond donors (Lipinski definition) is 0. The van der Waals surface area contributed by atoms with Crippen LogP contribution in [0, 0.1) is 12.7 Å². The van der Waals surface area contributed by atoms with Crippen LogP contribution in [0.1, 0.15) is 24.8 Å². The Balaban J connectivity index is 1.66. The van der Waals surface area contributed by atoms with Gasteiger partial charge in [0.05, 0.1) is 10.2 Å². The van der Waals surface area contributed by atoms with Crippen LogP contribution in [-0.2, 0) is 4.79 Å². The van der Waals surface area contributed by atoms with Crippen LogP contribution in [0.25, 0.3) is 10.2 Å². The summed E-state index contributed by atoms with van der Waals surface area (Å²) in [6.07, 6.45) is 2.07. The van der Waals surface area contributed by atoms with E-state index in [0.717, 1.165) is 50.9 Å². The number of carbonyl (C=O) groups is 1. The van der Waals surface area contributed by atoms with Crippen LogP contribution >= 0.6 is 34.7 Å². The Morgan fingerprint density at radius 1 is 1.16 bits per heavy atom. The topological polar surface area (TPSA) is 36.4 Å². The molecule has 0 spiro atoms. The van der Waals surface area contributed by atoms with Gasteiger partial charge in [-0.15, -0.1) is 11.8 Å². The number of aromatic nitrogens is 1. The third-order valence-corrected chi connectivity index (χ3v) is 7.12. The maximum absolute atomic E-state index is 13.1. The van der Waals surface area contributed by atoms with Crippen molar-refractivity contribution in [3.8, 4) is 0 Å². The molecule has 0 N–H and O–H groups in total. The van der Waals surface area contributed by atoms with E-state index in [1.54, 1.807) is 23.9 Å². The molecular formula is C23H27ClFN3OS2. The largest absolute Gasteiger partial charge is 0.309 e. The van der Waals surface area contributed by atoms with E-state index in [1.807, 2.05) is 38.1 Å². The highest BCUT2D eigenvalue weighted by Gasteiger charge is 2.20. The van der Waals surface area contributed by atoms with Crippen molar-refractivity contribution < 1.29 is 9.18 Å². The predicted octanol–water partition coefficient (Wildman–Crippen LogP) is 6.25. The van der Waals surface area contributed by atoms with E-state index in [1.165, 1.54) is 23.5 Å². The molecule has 2 aromatic carbocycles. The first kappa shape index (κ1) is 24.0. The van der Waals surface area contributed by atoms with E-state index in [-0.39, 0.29) is 11.7 Å². The Morgan fingerprint density at radius 2 is 1.90 bits per heavy atom. The molecule has 1 amide bonds. The van der Waals surface area contributed by atoms with E-state index in [9.17, 15) is 9.18 Å². The SMILES string of the molecule is Cc1cc(Cl)cc2sc(N(CCCN(C)C)C(=O)CCCSc3ccc(F)cc3)nc12. The monoisotopic (exact) mass is 479 g/mol. The van der Waals surface area contributed by atoms with Gasteiger partial charge in [-0.1, -0.05) is 22.9 Å². The van der Waals surface area contributed by atoms with Gasteiger partial charge in [-0.2, -0.15) is 0 Å². The Bertz CT molecular complexity index is 1020. The Labute approximate surface area is 196 Å². The highest BCUT2D eigenvalue weighted by molar-refractivity contribution is 7.99. The number of thiazole rings is 1. The average molecular weight is 480 g/mol. The maximum Gasteiger partial charge on any atom is 0.228 e. The van der Waals surface area contributed by atoms with Gasteiger partial charge in [0.15, 0.2) is 5.13 Å². The molecule has 1 heterocycles. The molecule has 3 rings (SSSR count). The van der Waals surface area contributed by atoms with Crippen LogP contribution < -0.4 is 4.90 Å². The summed E-state index contributed by atoms with van der Waals surface area (Å²) >= 11 is 9.36. The Hall–Kier alpha value is -1.67. The summed E-state index contributed by atoms with van der Waals surface area (Å²) in [4.78, 5) is 22.8. The molecule has 0 aliphatic rings. The van der Waals surface area contributed by atoms with Crippen LogP contribution in [-0.4, -0.2) is 48.7 Å². The lowest BCUT2D eigenvalue weighted by Crippen LogP contribution is -2.33. The average Bonchev–Trinajstić information content (AvgIpc) is 3.13. The van der Waals surface area contributed by atoms with Gasteiger partial charge in [-0.05, 0) is 88.1 Å². The lowest BCUT2D eigenvalue weighted by Gasteiger charge is -2.21. The highest BCUT2D eigenvalue weighted by Crippen LogP contribution is 2.33. The number of carbonyl (C=O) groups excluding carboxylic acids is 1. The number of rotatable bonds is 10. The highest BCUT2D eigenvalue weighted by atomic mass is 35.5. The van der Waals surface area contributed by atoms with Gasteiger partial charge in [0.25, 0.3) is 0 Å². The molecule has 0 unspecified atom stereocenters. The maximum atomic E-state index is 13.1. The van der Waals surface area contributed by atoms with Crippen LogP contribution in [0.5, 0.6) is 0 Å². The lowest BCUT2D eigenvalue weighted by atomic mass is 10.2. The summed E-state index contributed by atoms with van der Waals surface area (Å²) in [5, 5.41) is 1.42. The molecule has 0 fully saturated rings. The molecule has 0 atom stereocenters. The quantitative estimate of drug-likeness (QED) is 0.254. The molecule has 166 valence electrons. The fraction of sp³-hybridized carbons (Fsp3) is 0.391. The molecule has 0 aliphatic heterocycles. The zero-order valence-corrected chi connectivity index (χ0v) is 20.4. The first-order valence-electron chi connectivity index (χ1n) is 10.2. The summed E-state index contributed by atoms with van der Waals surface area (Å²) in [7, 11) is 4.06. The number of fused-ring (bicyclic) bond motifs is 1. The number of anilines is 1. The number of benzene rings is 2. The fourth-order valence-electron chi connectivity index (χ4n) is 3.21. The Morgan fingerprint density at radius 3 is 2.61 bits per heavy atom. The third-order valence-electron chi connectivity index (χ3n) is 4.78. The van der Waals surface area contributed by atoms with Crippen molar-refractivity contribution in [1.29, 1.82) is 0 Å². The van der Waals surface area contributed by atoms with Gasteiger partial charge in [-0.3, -0.25) is 9.69 Å². The molecule has 4 nitrogen and oxygen atoms in total. The van der Waals surface area contributed by atoms with E-state index >= 15 is 0 Å². The smallest absolute Gasteiger partial charge is 0.228 e. The minimum atomic E-state index is -0.236. The summed E-state index contributed by atoms with van der Waals surface area (Å²) in [5.41, 5.74) is 1.92. The van der Waals surface area contributed by atoms with Crippen molar-refractivity contribution in [1.82, 2.24) is 9.88 Å². The van der Waals surface area contributed by atoms with E-state index < -0.39 is 0 Å². The minimum Gasteiger partial charge on any atom is -0.309 e. The standard InChI is InChI=1S/C23H27ClFN3OS2/c1-16-14-17(24)15-20-22(16)26-23(31-20)28(12-5-11-27(2)3)21(29)6-4-13-30-19-9-7-18(25)8-10-19/h7-10,14-15H,4-6,11-13H2,1-3H3. The first-order chi connectivity index (χ1) is 14.8. The van der Waals surface area contributed by atoms with Crippen LogP contribution in [0.15, 0.2) is 41.3 Å². The van der Waals surface area contributed by atoms with Crippen molar-refractivity contribution >= 4 is 56.0 Å². The molecule has 1 aromatic heterocycles. The van der Waals surface area contributed by atoms with E-state index in [4.69, 9.17) is 16.6 Å². The van der Waals surface area contributed by atoms with Crippen LogP contribution in [0.4, 0.5) is 9.52 Å². The summed E-state index contributed by atoms with van der Waals surface area (Å²) in [6, 6.07) is 10.3. The summed E-state index contributed by atoms with van der Waals surface area (Å²) in [5.74, 6) is 0.652. The zero-order chi connectivity index (χ0) is 22.4. The van der Waals surface area contributed by atoms with Gasteiger partial charge >= 0.3 is 0 Å². The van der Waals surface area contributed by atoms with Gasteiger partial charge in [0, 0.05) is 22.9 Å². The molecule has 0 saturated heterocycles. The van der Waals surface area contributed by atoms with Crippen LogP contribution in [0.2, 0.25) is 5.02 Å². The lowest BCUT2D eigenvalue weighted by molar-refractivity contribution is -0.118. The van der Waals surface area contributed by atoms with Crippen molar-refractivity contribution in [2.45, 2.75) is 31.1 Å². The molecule has 0 bridgehead atoms. The fourth-order valence-corrected chi connectivity index (χ4v) is 5.53. The molecule has 0 radical (unpaired) electrons. The summed E-state index contributed by atoms with van der Waals surface area (Å²) < 4.78 is 14.0. The Kier molecular flexibility index (Phi) is 8.72. The molecule has 0 aliphatic carbocycles. The number of amides is 1. The number of aryl methyl sites for hydroxylation is 1. The van der Waals surface area contributed by atoms with E-state index in [2.05, 4.69) is 4.90 Å². The second kappa shape index (κ2) is 11.3. The first-order valence-corrected chi connectivity index (χ1v) is 12.4. The second-order valence-corrected chi connectivity index (χ2v) is 10.3. The second-order valence-electron chi connectivity index (χ2n) is 7.67. The number of thioether (sulfide) groups is 1. The van der Waals surface area contributed by atoms with Crippen LogP contribution in [0.3, 0.4) is 0 Å². The molecule has 3 aromatic rings. The molecular weight excluding hydrogens is 453 g/mol. The predicted molar refractivity (Wildman–Crippen MR) is 131 cm³/mol. The van der Waals surface area contributed by atoms with E-state index in [0.29, 0.717) is 18.0 Å². The minimum absolute atomic E-state index is 0.0845. The van der Waals surface area contributed by atoms with Gasteiger partial charge in [-0.25, -0.2) is 9.37 Å². The van der Waals surface area contributed by atoms with Crippen molar-refractivity contribution in [2.75, 3.05) is 37.8 Å². The number of nitrogens with zero attached hydrogens (tertiary/aromatic N) is 3. The summed E-state index contributed by atoms with van der Waals surface area (Å²) in [6.45, 7) is 3.53. The third kappa shape index (κ3) is 6.91. The molecule has 0 saturated carbocycles. The van der Waals surface area contributed by atoms with Gasteiger partial charge < -0.3 is 4.90 Å². The van der Waals surface area contributed by atoms with Gasteiger partial charge in [0.2, 0.25) is 5.91 Å². The number of hydrogen-bond acceptors (Lipinski definition) is 5.